The van der Waals surface area contributed by atoms with Crippen LogP contribution in [0.3, 0.4) is 0 Å². The maximum absolute atomic E-state index is 11.8. The highest BCUT2D eigenvalue weighted by molar-refractivity contribution is 8.21. The van der Waals surface area contributed by atoms with Gasteiger partial charge in [0, 0.05) is 5.92 Å². The number of benzene rings is 1. The highest BCUT2D eigenvalue weighted by Crippen LogP contribution is 2.61. The number of hydrogen-bond acceptors (Lipinski definition) is 8. The van der Waals surface area contributed by atoms with E-state index in [1.165, 1.54) is 65.8 Å². The van der Waals surface area contributed by atoms with E-state index in [4.69, 9.17) is 4.43 Å². The van der Waals surface area contributed by atoms with Crippen LogP contribution >= 0.6 is 70.6 Å². The number of thioether (sulfide) groups is 6. The molecule has 0 aliphatic carbocycles. The summed E-state index contributed by atoms with van der Waals surface area (Å²) >= 11 is 13.3. The SMILES string of the molecule is CC[C@@H]([C@@H](CC1(CCC[C@H](O)CC2([Si](C)(C)C(C)(C)C)SCCCS2)SCCCS1)O[Si](C)(C)C(C)(C)C)C1(c2ccccc2)SCCCS1. The topological polar surface area (TPSA) is 29.5 Å². The summed E-state index contributed by atoms with van der Waals surface area (Å²) in [5.41, 5.74) is 1.49. The summed E-state index contributed by atoms with van der Waals surface area (Å²) < 4.78 is 8.10. The van der Waals surface area contributed by atoms with Crippen molar-refractivity contribution in [2.45, 2.75) is 167 Å². The Morgan fingerprint density at radius 1 is 0.740 bits per heavy atom. The number of rotatable bonds is 15. The van der Waals surface area contributed by atoms with Crippen LogP contribution in [0.4, 0.5) is 0 Å². The van der Waals surface area contributed by atoms with Crippen molar-refractivity contribution in [3.63, 3.8) is 0 Å². The van der Waals surface area contributed by atoms with Crippen molar-refractivity contribution in [3.05, 3.63) is 35.9 Å². The van der Waals surface area contributed by atoms with Crippen LogP contribution in [0.25, 0.3) is 0 Å². The Bertz CT molecular complexity index is 1170. The van der Waals surface area contributed by atoms with Gasteiger partial charge in [-0.25, -0.2) is 0 Å². The van der Waals surface area contributed by atoms with Gasteiger partial charge in [0.25, 0.3) is 0 Å². The van der Waals surface area contributed by atoms with Crippen LogP contribution in [-0.4, -0.2) is 76.0 Å². The lowest BCUT2D eigenvalue weighted by molar-refractivity contribution is 0.0935. The Morgan fingerprint density at radius 2 is 1.26 bits per heavy atom. The zero-order chi connectivity index (χ0) is 36.9. The van der Waals surface area contributed by atoms with Crippen molar-refractivity contribution >= 4 is 87.0 Å². The highest BCUT2D eigenvalue weighted by Gasteiger charge is 2.55. The first-order chi connectivity index (χ1) is 23.3. The van der Waals surface area contributed by atoms with E-state index in [1.54, 1.807) is 0 Å². The third-order valence-corrected chi connectivity index (χ3v) is 37.0. The van der Waals surface area contributed by atoms with Crippen LogP contribution in [0.2, 0.25) is 36.3 Å². The molecular formula is C40H72O2S6Si2. The average molecular weight is 834 g/mol. The van der Waals surface area contributed by atoms with Crippen LogP contribution in [0.15, 0.2) is 30.3 Å². The summed E-state index contributed by atoms with van der Waals surface area (Å²) in [6.07, 6.45) is 10.3. The van der Waals surface area contributed by atoms with E-state index in [2.05, 4.69) is 176 Å². The van der Waals surface area contributed by atoms with Gasteiger partial charge in [0.1, 0.15) is 0 Å². The summed E-state index contributed by atoms with van der Waals surface area (Å²) in [6, 6.07) is 11.5. The van der Waals surface area contributed by atoms with Gasteiger partial charge in [-0.05, 0) is 121 Å². The first-order valence-electron chi connectivity index (χ1n) is 19.6. The summed E-state index contributed by atoms with van der Waals surface area (Å²) in [6.45, 7) is 27.2. The van der Waals surface area contributed by atoms with Gasteiger partial charge >= 0.3 is 0 Å². The van der Waals surface area contributed by atoms with Crippen molar-refractivity contribution < 1.29 is 9.53 Å². The highest BCUT2D eigenvalue weighted by atomic mass is 32.2. The summed E-state index contributed by atoms with van der Waals surface area (Å²) in [7, 11) is -3.75. The molecule has 1 aromatic rings. The van der Waals surface area contributed by atoms with Crippen LogP contribution in [0.5, 0.6) is 0 Å². The molecule has 1 aromatic carbocycles. The predicted octanol–water partition coefficient (Wildman–Crippen LogP) is 13.6. The van der Waals surface area contributed by atoms with Crippen molar-refractivity contribution in [1.82, 2.24) is 0 Å². The van der Waals surface area contributed by atoms with E-state index in [9.17, 15) is 5.11 Å². The second kappa shape index (κ2) is 18.3. The molecule has 0 saturated carbocycles. The van der Waals surface area contributed by atoms with Crippen LogP contribution < -0.4 is 0 Å². The van der Waals surface area contributed by atoms with Gasteiger partial charge in [0.2, 0.25) is 0 Å². The number of aliphatic hydroxyl groups is 1. The van der Waals surface area contributed by atoms with Gasteiger partial charge in [0.15, 0.2) is 8.32 Å². The summed E-state index contributed by atoms with van der Waals surface area (Å²) in [5.74, 6) is 7.87. The monoisotopic (exact) mass is 832 g/mol. The predicted molar refractivity (Wildman–Crippen MR) is 244 cm³/mol. The Balaban J connectivity index is 1.61. The molecule has 0 radical (unpaired) electrons. The zero-order valence-electron chi connectivity index (χ0n) is 33.5. The van der Waals surface area contributed by atoms with Gasteiger partial charge in [-0.3, -0.25) is 0 Å². The maximum atomic E-state index is 11.8. The van der Waals surface area contributed by atoms with Gasteiger partial charge in [-0.2, -0.15) is 0 Å². The summed E-state index contributed by atoms with van der Waals surface area (Å²) in [5, 5.41) is 12.3. The largest absolute Gasteiger partial charge is 0.413 e. The molecule has 3 atom stereocenters. The maximum Gasteiger partial charge on any atom is 0.192 e. The molecule has 50 heavy (non-hydrogen) atoms. The lowest BCUT2D eigenvalue weighted by atomic mass is 9.87. The molecule has 3 saturated heterocycles. The van der Waals surface area contributed by atoms with Gasteiger partial charge < -0.3 is 9.53 Å². The van der Waals surface area contributed by atoms with Crippen LogP contribution in [0.1, 0.15) is 112 Å². The molecule has 0 aromatic heterocycles. The van der Waals surface area contributed by atoms with Gasteiger partial charge in [0.05, 0.1) is 32.1 Å². The second-order valence-electron chi connectivity index (χ2n) is 18.1. The van der Waals surface area contributed by atoms with E-state index in [1.807, 2.05) is 0 Å². The molecule has 3 fully saturated rings. The standard InChI is InChI=1S/C40H72O2S6Si2/c1-12-34(40(47-28-19-29-48-40)32-20-14-13-15-21-32)35(42-50(10,11)37(5,6)7)31-38(43-24-17-25-44-38)23-16-22-33(41)30-39(45-26-18-27-46-39)49(8,9)36(2,3)4/h13-15,20-21,33-35,41H,12,16-19,22-31H2,1-11H3/t33-,34-,35+/m0/s1. The molecule has 3 aliphatic rings. The fourth-order valence-corrected chi connectivity index (χ4v) is 26.4. The number of hydrogen-bond donors (Lipinski definition) is 1. The first kappa shape index (κ1) is 44.4. The summed E-state index contributed by atoms with van der Waals surface area (Å²) in [4.78, 5) is 0. The molecule has 3 aliphatic heterocycles. The number of aliphatic hydroxyl groups excluding tert-OH is 1. The second-order valence-corrected chi connectivity index (χ2v) is 38.4. The molecular weight excluding hydrogens is 761 g/mol. The smallest absolute Gasteiger partial charge is 0.192 e. The lowest BCUT2D eigenvalue weighted by Gasteiger charge is -2.54. The van der Waals surface area contributed by atoms with Crippen molar-refractivity contribution in [3.8, 4) is 0 Å². The van der Waals surface area contributed by atoms with Crippen LogP contribution in [0, 0.1) is 5.92 Å². The molecule has 4 rings (SSSR count). The van der Waals surface area contributed by atoms with E-state index >= 15 is 0 Å². The van der Waals surface area contributed by atoms with Gasteiger partial charge in [-0.1, -0.05) is 91.9 Å². The molecule has 1 N–H and O–H groups in total. The van der Waals surface area contributed by atoms with Crippen molar-refractivity contribution in [1.29, 1.82) is 0 Å². The van der Waals surface area contributed by atoms with Crippen molar-refractivity contribution in [2.24, 2.45) is 5.92 Å². The van der Waals surface area contributed by atoms with Crippen LogP contribution in [-0.2, 0) is 8.51 Å². The van der Waals surface area contributed by atoms with E-state index in [0.29, 0.717) is 11.0 Å². The molecule has 0 amide bonds. The fraction of sp³-hybridized carbons (Fsp3) is 0.850. The molecule has 2 nitrogen and oxygen atoms in total. The van der Waals surface area contributed by atoms with Gasteiger partial charge in [-0.15, -0.1) is 70.6 Å². The molecule has 288 valence electrons. The minimum absolute atomic E-state index is 0.0239. The minimum Gasteiger partial charge on any atom is -0.413 e. The van der Waals surface area contributed by atoms with Crippen molar-refractivity contribution in [2.75, 3.05) is 34.5 Å². The quantitative estimate of drug-likeness (QED) is 0.175. The minimum atomic E-state index is -2.06. The Hall–Kier alpha value is 1.67. The Labute approximate surface area is 336 Å². The molecule has 0 bridgehead atoms. The molecule has 0 unspecified atom stereocenters. The third-order valence-electron chi connectivity index (χ3n) is 12.6. The van der Waals surface area contributed by atoms with E-state index in [0.717, 1.165) is 32.1 Å². The average Bonchev–Trinajstić information content (AvgIpc) is 3.05. The first-order valence-corrected chi connectivity index (χ1v) is 31.4. The Morgan fingerprint density at radius 3 is 1.76 bits per heavy atom. The fourth-order valence-electron chi connectivity index (χ4n) is 7.60. The molecule has 10 heteroatoms. The molecule has 0 spiro atoms. The molecule has 3 heterocycles. The van der Waals surface area contributed by atoms with E-state index in [-0.39, 0.29) is 29.1 Å². The normalized spacial score (nSPS) is 23.6. The third kappa shape index (κ3) is 10.3. The zero-order valence-corrected chi connectivity index (χ0v) is 40.4. The Kier molecular flexibility index (Phi) is 16.2. The lowest BCUT2D eigenvalue weighted by Crippen LogP contribution is -2.58. The van der Waals surface area contributed by atoms with E-state index < -0.39 is 16.4 Å².